The van der Waals surface area contributed by atoms with Crippen molar-refractivity contribution in [3.8, 4) is 0 Å². The molecule has 4 rings (SSSR count). The predicted octanol–water partition coefficient (Wildman–Crippen LogP) is 3.15. The zero-order valence-electron chi connectivity index (χ0n) is 17.0. The Kier molecular flexibility index (Phi) is 5.94. The molecular weight excluding hydrogens is 366 g/mol. The van der Waals surface area contributed by atoms with E-state index in [1.54, 1.807) is 0 Å². The van der Waals surface area contributed by atoms with Gasteiger partial charge < -0.3 is 19.9 Å². The molecule has 1 fully saturated rings. The molecule has 0 aliphatic carbocycles. The highest BCUT2D eigenvalue weighted by atomic mass is 16.5. The molecule has 0 bridgehead atoms. The van der Waals surface area contributed by atoms with Crippen LogP contribution in [0.2, 0.25) is 0 Å². The number of hydrogen-bond acceptors (Lipinski definition) is 5. The van der Waals surface area contributed by atoms with Crippen LogP contribution >= 0.6 is 0 Å². The van der Waals surface area contributed by atoms with Crippen LogP contribution in [0.1, 0.15) is 38.4 Å². The number of benzene rings is 1. The van der Waals surface area contributed by atoms with Crippen LogP contribution in [0.15, 0.2) is 24.3 Å². The van der Waals surface area contributed by atoms with Gasteiger partial charge in [0.2, 0.25) is 6.41 Å². The highest BCUT2D eigenvalue weighted by Crippen LogP contribution is 2.29. The lowest BCUT2D eigenvalue weighted by Gasteiger charge is -2.31. The lowest BCUT2D eigenvalue weighted by atomic mass is 10.1. The quantitative estimate of drug-likeness (QED) is 0.468. The number of carbonyl (C=O) groups excluding carboxylic acids is 1. The molecule has 0 saturated carbocycles. The van der Waals surface area contributed by atoms with E-state index < -0.39 is 0 Å². The Balaban J connectivity index is 1.52. The maximum atomic E-state index is 11.5. The molecule has 3 aromatic rings. The minimum absolute atomic E-state index is 0.316. The molecule has 2 N–H and O–H groups in total. The number of para-hydroxylation sites is 1. The molecule has 7 nitrogen and oxygen atoms in total. The van der Waals surface area contributed by atoms with Crippen LogP contribution in [0.25, 0.3) is 21.9 Å². The van der Waals surface area contributed by atoms with E-state index in [4.69, 9.17) is 15.5 Å². The number of aryl methyl sites for hydroxylation is 2. The first-order valence-electron chi connectivity index (χ1n) is 10.5. The molecule has 29 heavy (non-hydrogen) atoms. The minimum atomic E-state index is 0.316. The lowest BCUT2D eigenvalue weighted by molar-refractivity contribution is -0.122. The summed E-state index contributed by atoms with van der Waals surface area (Å²) in [7, 11) is 0. The Labute approximate surface area is 170 Å². The van der Waals surface area contributed by atoms with Crippen molar-refractivity contribution in [2.24, 2.45) is 0 Å². The molecule has 1 amide bonds. The highest BCUT2D eigenvalue weighted by molar-refractivity contribution is 6.06. The van der Waals surface area contributed by atoms with E-state index >= 15 is 0 Å². The number of unbranched alkanes of at least 4 members (excludes halogenated alkanes) is 1. The molecule has 0 atom stereocenters. The summed E-state index contributed by atoms with van der Waals surface area (Å²) in [6.45, 7) is 5.25. The van der Waals surface area contributed by atoms with E-state index in [9.17, 15) is 4.79 Å². The first kappa shape index (κ1) is 19.6. The molecule has 0 spiro atoms. The number of ether oxygens (including phenoxy) is 1. The summed E-state index contributed by atoms with van der Waals surface area (Å²) >= 11 is 0. The number of aromatic nitrogens is 3. The first-order chi connectivity index (χ1) is 14.2. The Morgan fingerprint density at radius 3 is 2.79 bits per heavy atom. The second-order valence-electron chi connectivity index (χ2n) is 7.64. The van der Waals surface area contributed by atoms with Gasteiger partial charge in [-0.25, -0.2) is 9.97 Å². The van der Waals surface area contributed by atoms with E-state index in [0.717, 1.165) is 92.6 Å². The van der Waals surface area contributed by atoms with Crippen molar-refractivity contribution >= 4 is 34.2 Å². The second kappa shape index (κ2) is 8.78. The zero-order chi connectivity index (χ0) is 20.2. The fraction of sp³-hybridized carbons (Fsp3) is 0.500. The molecule has 0 unspecified atom stereocenters. The van der Waals surface area contributed by atoms with Crippen molar-refractivity contribution in [1.29, 1.82) is 0 Å². The van der Waals surface area contributed by atoms with Gasteiger partial charge in [0.1, 0.15) is 11.3 Å². The van der Waals surface area contributed by atoms with Crippen LogP contribution in [-0.4, -0.2) is 51.6 Å². The fourth-order valence-corrected chi connectivity index (χ4v) is 4.32. The molecule has 1 saturated heterocycles. The van der Waals surface area contributed by atoms with Crippen LogP contribution in [0, 0.1) is 0 Å². The SMILES string of the molecule is CCc1nc2c(N)nc3ccccc3c2n1CCCCN(C=O)C1CCOCC1. The van der Waals surface area contributed by atoms with Gasteiger partial charge in [-0.05, 0) is 31.7 Å². The molecule has 3 heterocycles. The van der Waals surface area contributed by atoms with E-state index in [0.29, 0.717) is 11.9 Å². The summed E-state index contributed by atoms with van der Waals surface area (Å²) in [5, 5.41) is 1.08. The minimum Gasteiger partial charge on any atom is -0.382 e. The highest BCUT2D eigenvalue weighted by Gasteiger charge is 2.20. The Hall–Kier alpha value is -2.67. The Morgan fingerprint density at radius 2 is 2.03 bits per heavy atom. The van der Waals surface area contributed by atoms with Crippen molar-refractivity contribution in [2.75, 3.05) is 25.5 Å². The average Bonchev–Trinajstić information content (AvgIpc) is 3.14. The van der Waals surface area contributed by atoms with Crippen molar-refractivity contribution in [1.82, 2.24) is 19.4 Å². The van der Waals surface area contributed by atoms with Crippen LogP contribution in [-0.2, 0) is 22.5 Å². The number of carbonyl (C=O) groups is 1. The van der Waals surface area contributed by atoms with Gasteiger partial charge in [-0.2, -0.15) is 0 Å². The van der Waals surface area contributed by atoms with E-state index in [-0.39, 0.29) is 0 Å². The molecule has 1 aromatic carbocycles. The number of nitrogens with zero attached hydrogens (tertiary/aromatic N) is 4. The van der Waals surface area contributed by atoms with Crippen LogP contribution < -0.4 is 5.73 Å². The van der Waals surface area contributed by atoms with Gasteiger partial charge in [-0.1, -0.05) is 25.1 Å². The summed E-state index contributed by atoms with van der Waals surface area (Å²) in [6.07, 6.45) is 5.64. The largest absolute Gasteiger partial charge is 0.382 e. The Morgan fingerprint density at radius 1 is 1.24 bits per heavy atom. The smallest absolute Gasteiger partial charge is 0.209 e. The van der Waals surface area contributed by atoms with E-state index in [1.807, 2.05) is 23.1 Å². The van der Waals surface area contributed by atoms with Crippen molar-refractivity contribution in [3.05, 3.63) is 30.1 Å². The number of nitrogens with two attached hydrogens (primary N) is 1. The van der Waals surface area contributed by atoms with E-state index in [2.05, 4.69) is 22.5 Å². The summed E-state index contributed by atoms with van der Waals surface area (Å²) in [5.41, 5.74) is 8.97. The number of fused-ring (bicyclic) bond motifs is 3. The lowest BCUT2D eigenvalue weighted by Crippen LogP contribution is -2.39. The number of anilines is 1. The topological polar surface area (TPSA) is 86.3 Å². The molecule has 1 aliphatic rings. The third kappa shape index (κ3) is 3.92. The van der Waals surface area contributed by atoms with Gasteiger partial charge in [0.25, 0.3) is 0 Å². The van der Waals surface area contributed by atoms with Gasteiger partial charge >= 0.3 is 0 Å². The zero-order valence-corrected chi connectivity index (χ0v) is 17.0. The van der Waals surface area contributed by atoms with Crippen LogP contribution in [0.4, 0.5) is 5.82 Å². The molecular formula is C22H29N5O2. The number of amides is 1. The van der Waals surface area contributed by atoms with Gasteiger partial charge in [-0.15, -0.1) is 0 Å². The van der Waals surface area contributed by atoms with Gasteiger partial charge in [0, 0.05) is 44.2 Å². The van der Waals surface area contributed by atoms with Crippen LogP contribution in [0.3, 0.4) is 0 Å². The first-order valence-corrected chi connectivity index (χ1v) is 10.5. The number of imidazole rings is 1. The van der Waals surface area contributed by atoms with Gasteiger partial charge in [-0.3, -0.25) is 4.79 Å². The molecule has 7 heteroatoms. The summed E-state index contributed by atoms with van der Waals surface area (Å²) in [5.74, 6) is 1.51. The van der Waals surface area contributed by atoms with Gasteiger partial charge in [0.05, 0.1) is 11.0 Å². The molecule has 1 aliphatic heterocycles. The average molecular weight is 396 g/mol. The normalized spacial score (nSPS) is 15.2. The number of pyridine rings is 1. The van der Waals surface area contributed by atoms with Gasteiger partial charge in [0.15, 0.2) is 5.82 Å². The number of rotatable bonds is 8. The maximum absolute atomic E-state index is 11.5. The predicted molar refractivity (Wildman–Crippen MR) is 115 cm³/mol. The van der Waals surface area contributed by atoms with E-state index in [1.165, 1.54) is 0 Å². The third-order valence-electron chi connectivity index (χ3n) is 5.85. The molecule has 154 valence electrons. The summed E-state index contributed by atoms with van der Waals surface area (Å²) < 4.78 is 7.70. The fourth-order valence-electron chi connectivity index (χ4n) is 4.32. The Bertz CT molecular complexity index is 994. The summed E-state index contributed by atoms with van der Waals surface area (Å²) in [4.78, 5) is 22.8. The monoisotopic (exact) mass is 395 g/mol. The molecule has 0 radical (unpaired) electrons. The van der Waals surface area contributed by atoms with Crippen molar-refractivity contribution < 1.29 is 9.53 Å². The van der Waals surface area contributed by atoms with Crippen LogP contribution in [0.5, 0.6) is 0 Å². The van der Waals surface area contributed by atoms with Crippen molar-refractivity contribution in [2.45, 2.75) is 51.6 Å². The number of hydrogen-bond donors (Lipinski definition) is 1. The number of nitrogen functional groups attached to an aromatic ring is 1. The van der Waals surface area contributed by atoms with Crippen molar-refractivity contribution in [3.63, 3.8) is 0 Å². The second-order valence-corrected chi connectivity index (χ2v) is 7.64. The molecule has 2 aromatic heterocycles. The maximum Gasteiger partial charge on any atom is 0.209 e. The third-order valence-corrected chi connectivity index (χ3v) is 5.85. The summed E-state index contributed by atoms with van der Waals surface area (Å²) in [6, 6.07) is 8.40. The standard InChI is InChI=1S/C22H29N5O2/c1-2-19-25-20-21(17-7-3-4-8-18(17)24-22(20)23)27(19)12-6-5-11-26(15-28)16-9-13-29-14-10-16/h3-4,7-8,15-16H,2,5-6,9-14H2,1H3,(H2,23,24).